The van der Waals surface area contributed by atoms with E-state index in [0.717, 1.165) is 6.42 Å². The molecular weight excluding hydrogens is 282 g/mol. The predicted octanol–water partition coefficient (Wildman–Crippen LogP) is 4.70. The van der Waals surface area contributed by atoms with Crippen molar-refractivity contribution in [2.75, 3.05) is 12.3 Å². The molecule has 0 radical (unpaired) electrons. The summed E-state index contributed by atoms with van der Waals surface area (Å²) in [6, 6.07) is 0. The lowest BCUT2D eigenvalue weighted by Crippen LogP contribution is -2.21. The largest absolute Gasteiger partial charge is 0.203 e. The molecule has 0 aromatic heterocycles. The van der Waals surface area contributed by atoms with Gasteiger partial charge in [-0.15, -0.1) is 0 Å². The number of hydrogen-bond acceptors (Lipinski definition) is 0. The normalized spacial score (nSPS) is 12.8. The van der Waals surface area contributed by atoms with Crippen molar-refractivity contribution < 1.29 is 22.0 Å². The molecule has 1 aromatic rings. The van der Waals surface area contributed by atoms with E-state index in [1.54, 1.807) is 0 Å². The third-order valence-corrected chi connectivity index (χ3v) is 5.65. The Morgan fingerprint density at radius 2 is 1.16 bits per heavy atom. The van der Waals surface area contributed by atoms with Gasteiger partial charge < -0.3 is 0 Å². The summed E-state index contributed by atoms with van der Waals surface area (Å²) in [5, 5.41) is -0.596. The van der Waals surface area contributed by atoms with Crippen LogP contribution in [0.4, 0.5) is 22.0 Å². The molecule has 0 aliphatic heterocycles. The van der Waals surface area contributed by atoms with Gasteiger partial charge >= 0.3 is 0 Å². The van der Waals surface area contributed by atoms with Gasteiger partial charge in [-0.05, 0) is 18.7 Å². The highest BCUT2D eigenvalue weighted by molar-refractivity contribution is 7.65. The lowest BCUT2D eigenvalue weighted by Gasteiger charge is -2.19. The molecule has 1 aromatic carbocycles. The van der Waals surface area contributed by atoms with E-state index in [-0.39, 0.29) is 0 Å². The first kappa shape index (κ1) is 16.4. The molecule has 0 heterocycles. The van der Waals surface area contributed by atoms with Gasteiger partial charge in [0.05, 0.1) is 5.30 Å². The van der Waals surface area contributed by atoms with E-state index in [4.69, 9.17) is 0 Å². The monoisotopic (exact) mass is 298 g/mol. The minimum atomic E-state index is -2.08. The SMILES string of the molecule is CCCCP(CCC)c1c(F)c(F)c(F)c(F)c1F. The van der Waals surface area contributed by atoms with Gasteiger partial charge in [-0.25, -0.2) is 22.0 Å². The van der Waals surface area contributed by atoms with Crippen LogP contribution in [0.1, 0.15) is 33.1 Å². The van der Waals surface area contributed by atoms with Crippen LogP contribution in [0.3, 0.4) is 0 Å². The van der Waals surface area contributed by atoms with Gasteiger partial charge in [-0.2, -0.15) is 0 Å². The molecular formula is C13H16F5P. The fourth-order valence-corrected chi connectivity index (χ4v) is 4.49. The maximum atomic E-state index is 13.7. The number of hydrogen-bond donors (Lipinski definition) is 0. The van der Waals surface area contributed by atoms with Gasteiger partial charge in [-0.1, -0.05) is 34.6 Å². The zero-order valence-corrected chi connectivity index (χ0v) is 11.8. The van der Waals surface area contributed by atoms with Crippen LogP contribution in [0, 0.1) is 29.1 Å². The molecule has 0 N–H and O–H groups in total. The van der Waals surface area contributed by atoms with Crippen molar-refractivity contribution in [3.05, 3.63) is 29.1 Å². The smallest absolute Gasteiger partial charge is 0.200 e. The lowest BCUT2D eigenvalue weighted by atomic mass is 10.3. The number of rotatable bonds is 6. The topological polar surface area (TPSA) is 0 Å². The standard InChI is InChI=1S/C13H16F5P/c1-3-5-7-19(6-4-2)13-11(17)9(15)8(14)10(16)12(13)18/h3-7H2,1-2H3. The second-order valence-corrected chi connectivity index (χ2v) is 6.68. The van der Waals surface area contributed by atoms with E-state index in [0.29, 0.717) is 25.2 Å². The van der Waals surface area contributed by atoms with Crippen molar-refractivity contribution in [3.63, 3.8) is 0 Å². The minimum absolute atomic E-state index is 0.466. The van der Waals surface area contributed by atoms with Gasteiger partial charge in [0.2, 0.25) is 5.82 Å². The molecule has 0 saturated heterocycles. The summed E-state index contributed by atoms with van der Waals surface area (Å²) in [5.74, 6) is -9.08. The molecule has 0 bridgehead atoms. The average molecular weight is 298 g/mol. The van der Waals surface area contributed by atoms with Crippen molar-refractivity contribution >= 4 is 13.2 Å². The minimum Gasteiger partial charge on any atom is -0.203 e. The maximum absolute atomic E-state index is 13.7. The Bertz CT molecular complexity index is 418. The van der Waals surface area contributed by atoms with Gasteiger partial charge in [-0.3, -0.25) is 0 Å². The molecule has 0 saturated carbocycles. The van der Waals surface area contributed by atoms with E-state index < -0.39 is 42.3 Å². The molecule has 108 valence electrons. The summed E-state index contributed by atoms with van der Waals surface area (Å²) in [5.41, 5.74) is 0. The van der Waals surface area contributed by atoms with Crippen LogP contribution in [-0.2, 0) is 0 Å². The summed E-state index contributed by atoms with van der Waals surface area (Å²) < 4.78 is 66.7. The predicted molar refractivity (Wildman–Crippen MR) is 67.7 cm³/mol. The highest BCUT2D eigenvalue weighted by Gasteiger charge is 2.29. The van der Waals surface area contributed by atoms with E-state index in [1.165, 1.54) is 0 Å². The van der Waals surface area contributed by atoms with Crippen LogP contribution in [0.25, 0.3) is 0 Å². The van der Waals surface area contributed by atoms with E-state index >= 15 is 0 Å². The van der Waals surface area contributed by atoms with Crippen molar-refractivity contribution in [3.8, 4) is 0 Å². The molecule has 0 fully saturated rings. The van der Waals surface area contributed by atoms with Crippen LogP contribution in [0.15, 0.2) is 0 Å². The summed E-state index contributed by atoms with van der Waals surface area (Å²) >= 11 is 0. The lowest BCUT2D eigenvalue weighted by molar-refractivity contribution is 0.384. The molecule has 0 amide bonds. The number of halogens is 5. The quantitative estimate of drug-likeness (QED) is 0.309. The summed E-state index contributed by atoms with van der Waals surface area (Å²) in [6.45, 7) is 3.74. The molecule has 0 aliphatic rings. The van der Waals surface area contributed by atoms with E-state index in [1.807, 2.05) is 13.8 Å². The van der Waals surface area contributed by atoms with Crippen molar-refractivity contribution in [2.45, 2.75) is 33.1 Å². The Morgan fingerprint density at radius 1 is 0.684 bits per heavy atom. The van der Waals surface area contributed by atoms with Gasteiger partial charge in [0.1, 0.15) is 0 Å². The third kappa shape index (κ3) is 3.44. The Balaban J connectivity index is 3.29. The van der Waals surface area contributed by atoms with Crippen LogP contribution in [0.5, 0.6) is 0 Å². The van der Waals surface area contributed by atoms with Gasteiger partial charge in [0.15, 0.2) is 23.3 Å². The Labute approximate surface area is 110 Å². The molecule has 1 rings (SSSR count). The van der Waals surface area contributed by atoms with Gasteiger partial charge in [0.25, 0.3) is 0 Å². The Hall–Kier alpha value is -0.700. The van der Waals surface area contributed by atoms with Crippen LogP contribution in [-0.4, -0.2) is 12.3 Å². The summed E-state index contributed by atoms with van der Waals surface area (Å²) in [7, 11) is -1.34. The molecule has 0 spiro atoms. The number of unbranched alkanes of at least 4 members (excludes halogenated alkanes) is 1. The first-order valence-electron chi connectivity index (χ1n) is 6.22. The van der Waals surface area contributed by atoms with E-state index in [2.05, 4.69) is 0 Å². The first-order valence-corrected chi connectivity index (χ1v) is 7.93. The molecule has 19 heavy (non-hydrogen) atoms. The Morgan fingerprint density at radius 3 is 1.58 bits per heavy atom. The number of benzene rings is 1. The fraction of sp³-hybridized carbons (Fsp3) is 0.538. The highest BCUT2D eigenvalue weighted by atomic mass is 31.1. The third-order valence-electron chi connectivity index (χ3n) is 2.78. The molecule has 1 unspecified atom stereocenters. The zero-order valence-electron chi connectivity index (χ0n) is 10.9. The van der Waals surface area contributed by atoms with Crippen LogP contribution < -0.4 is 5.30 Å². The molecule has 0 aliphatic carbocycles. The van der Waals surface area contributed by atoms with Crippen molar-refractivity contribution in [1.82, 2.24) is 0 Å². The molecule has 1 atom stereocenters. The highest BCUT2D eigenvalue weighted by Crippen LogP contribution is 2.39. The maximum Gasteiger partial charge on any atom is 0.200 e. The van der Waals surface area contributed by atoms with Crippen LogP contribution in [0.2, 0.25) is 0 Å². The van der Waals surface area contributed by atoms with Gasteiger partial charge in [0, 0.05) is 0 Å². The van der Waals surface area contributed by atoms with E-state index in [9.17, 15) is 22.0 Å². The van der Waals surface area contributed by atoms with Crippen molar-refractivity contribution in [1.29, 1.82) is 0 Å². The average Bonchev–Trinajstić information content (AvgIpc) is 2.40. The summed E-state index contributed by atoms with van der Waals surface area (Å²) in [6.07, 6.45) is 3.13. The molecule has 0 nitrogen and oxygen atoms in total. The first-order chi connectivity index (χ1) is 8.95. The molecule has 6 heteroatoms. The second-order valence-electron chi connectivity index (χ2n) is 4.26. The van der Waals surface area contributed by atoms with Crippen LogP contribution >= 0.6 is 7.92 Å². The summed E-state index contributed by atoms with van der Waals surface area (Å²) in [4.78, 5) is 0. The van der Waals surface area contributed by atoms with Crippen molar-refractivity contribution in [2.24, 2.45) is 0 Å². The second kappa shape index (κ2) is 7.18. The zero-order chi connectivity index (χ0) is 14.6. The fourth-order valence-electron chi connectivity index (χ4n) is 1.83. The Kier molecular flexibility index (Phi) is 6.18.